The Hall–Kier alpha value is -2.10. The van der Waals surface area contributed by atoms with Gasteiger partial charge in [0.05, 0.1) is 12.8 Å². The van der Waals surface area contributed by atoms with Gasteiger partial charge in [-0.1, -0.05) is 30.7 Å². The first-order valence-corrected chi connectivity index (χ1v) is 11.4. The maximum atomic E-state index is 13.2. The molecule has 2 rings (SSSR count). The molecule has 2 unspecified atom stereocenters. The number of carbonyl (C=O) groups excluding carboxylic acids is 1. The molecule has 0 spiro atoms. The molecule has 1 aromatic rings. The summed E-state index contributed by atoms with van der Waals surface area (Å²) in [5.41, 5.74) is 0.456. The van der Waals surface area contributed by atoms with E-state index in [0.29, 0.717) is 30.6 Å². The first-order chi connectivity index (χ1) is 15.8. The highest BCUT2D eigenvalue weighted by Gasteiger charge is 2.32. The van der Waals surface area contributed by atoms with Crippen LogP contribution < -0.4 is 14.8 Å². The summed E-state index contributed by atoms with van der Waals surface area (Å²) in [4.78, 5) is 14.0. The molecule has 10 heteroatoms. The van der Waals surface area contributed by atoms with E-state index in [9.17, 15) is 13.6 Å². The van der Waals surface area contributed by atoms with E-state index in [-0.39, 0.29) is 24.0 Å². The monoisotopic (exact) mass is 490 g/mol. The van der Waals surface area contributed by atoms with Gasteiger partial charge in [-0.3, -0.25) is 9.69 Å². The van der Waals surface area contributed by atoms with Gasteiger partial charge in [0, 0.05) is 31.6 Å². The molecule has 7 nitrogen and oxygen atoms in total. The lowest BCUT2D eigenvalue weighted by molar-refractivity contribution is -0.146. The predicted octanol–water partition coefficient (Wildman–Crippen LogP) is 5.13. The van der Waals surface area contributed by atoms with Crippen molar-refractivity contribution in [1.29, 1.82) is 0 Å². The number of halogens is 3. The minimum Gasteiger partial charge on any atom is -0.468 e. The largest absolute Gasteiger partial charge is 0.468 e. The minimum absolute atomic E-state index is 0.0312. The van der Waals surface area contributed by atoms with Crippen molar-refractivity contribution < 1.29 is 32.5 Å². The first-order valence-electron chi connectivity index (χ1n) is 11.0. The number of ether oxygens (including phenoxy) is 4. The molecule has 1 fully saturated rings. The summed E-state index contributed by atoms with van der Waals surface area (Å²) in [6, 6.07) is 2.68. The quantitative estimate of drug-likeness (QED) is 0.178. The molecule has 0 radical (unpaired) electrons. The van der Waals surface area contributed by atoms with E-state index in [1.165, 1.54) is 13.2 Å². The van der Waals surface area contributed by atoms with Crippen molar-refractivity contribution in [2.75, 3.05) is 26.0 Å². The van der Waals surface area contributed by atoms with Crippen molar-refractivity contribution in [2.24, 2.45) is 0 Å². The Morgan fingerprint density at radius 3 is 2.67 bits per heavy atom. The van der Waals surface area contributed by atoms with Gasteiger partial charge in [0.15, 0.2) is 0 Å². The number of carbonyl (C=O) groups is 1. The number of rotatable bonds is 13. The molecule has 1 aliphatic rings. The lowest BCUT2D eigenvalue weighted by Crippen LogP contribution is -2.36. The number of methoxy groups -OCH3 is 1. The van der Waals surface area contributed by atoms with Crippen molar-refractivity contribution >= 4 is 23.3 Å². The fourth-order valence-corrected chi connectivity index (χ4v) is 3.84. The van der Waals surface area contributed by atoms with Crippen LogP contribution in [0.5, 0.6) is 11.5 Å². The number of benzene rings is 1. The molecular weight excluding hydrogens is 458 g/mol. The van der Waals surface area contributed by atoms with E-state index in [4.69, 9.17) is 30.5 Å². The van der Waals surface area contributed by atoms with Crippen LogP contribution in [0, 0.1) is 0 Å². The number of allylic oxidation sites excluding steroid dienone is 1. The highest BCUT2D eigenvalue weighted by atomic mass is 35.5. The third-order valence-electron chi connectivity index (χ3n) is 5.19. The first kappa shape index (κ1) is 27.1. The molecule has 0 saturated carbocycles. The summed E-state index contributed by atoms with van der Waals surface area (Å²) in [7, 11) is 3.04. The number of anilines is 1. The minimum atomic E-state index is -3.02. The number of alkyl halides is 3. The van der Waals surface area contributed by atoms with E-state index in [2.05, 4.69) is 5.32 Å². The molecule has 1 N–H and O–H groups in total. The molecule has 0 aromatic heterocycles. The lowest BCUT2D eigenvalue weighted by atomic mass is 10.1. The van der Waals surface area contributed by atoms with Gasteiger partial charge >= 0.3 is 12.6 Å². The fourth-order valence-electron chi connectivity index (χ4n) is 3.72. The summed E-state index contributed by atoms with van der Waals surface area (Å²) < 4.78 is 47.7. The van der Waals surface area contributed by atoms with Crippen LogP contribution in [-0.2, 0) is 20.8 Å². The molecule has 1 aromatic carbocycles. The highest BCUT2D eigenvalue weighted by Crippen LogP contribution is 2.37. The number of esters is 1. The smallest absolute Gasteiger partial charge is 0.387 e. The van der Waals surface area contributed by atoms with Crippen LogP contribution in [0.15, 0.2) is 24.3 Å². The fraction of sp³-hybridized carbons (Fsp3) is 0.609. The number of hydrogen-bond donors (Lipinski definition) is 1. The molecule has 33 heavy (non-hydrogen) atoms. The van der Waals surface area contributed by atoms with Gasteiger partial charge in [-0.25, -0.2) is 0 Å². The topological polar surface area (TPSA) is 69.3 Å². The summed E-state index contributed by atoms with van der Waals surface area (Å²) in [6.45, 7) is 1.55. The number of nitrogens with one attached hydrogen (secondary N) is 1. The molecular formula is C23H33ClF2N2O5. The second-order valence-electron chi connectivity index (χ2n) is 7.58. The third kappa shape index (κ3) is 8.32. The van der Waals surface area contributed by atoms with E-state index < -0.39 is 24.5 Å². The zero-order chi connectivity index (χ0) is 24.4. The van der Waals surface area contributed by atoms with Gasteiger partial charge in [-0.15, -0.1) is 0 Å². The summed E-state index contributed by atoms with van der Waals surface area (Å²) in [5.74, 6) is -0.0840. The van der Waals surface area contributed by atoms with E-state index in [0.717, 1.165) is 12.8 Å². The van der Waals surface area contributed by atoms with Crippen LogP contribution in [0.1, 0.15) is 45.1 Å². The van der Waals surface area contributed by atoms with Crippen molar-refractivity contribution in [1.82, 2.24) is 4.90 Å². The van der Waals surface area contributed by atoms with Gasteiger partial charge in [0.25, 0.3) is 0 Å². The Morgan fingerprint density at radius 1 is 1.30 bits per heavy atom. The second kappa shape index (κ2) is 13.6. The second-order valence-corrected chi connectivity index (χ2v) is 8.19. The maximum absolute atomic E-state index is 13.2. The molecule has 0 bridgehead atoms. The molecule has 1 aliphatic heterocycles. The van der Waals surface area contributed by atoms with Crippen LogP contribution in [-0.4, -0.2) is 56.1 Å². The summed E-state index contributed by atoms with van der Waals surface area (Å²) in [5, 5.41) is 3.03. The number of hydrogen-bond acceptors (Lipinski definition) is 7. The molecule has 186 valence electrons. The number of nitrogens with zero attached hydrogens (tertiary/aromatic N) is 1. The lowest BCUT2D eigenvalue weighted by Gasteiger charge is -2.26. The van der Waals surface area contributed by atoms with Crippen LogP contribution in [0.3, 0.4) is 0 Å². The van der Waals surface area contributed by atoms with Gasteiger partial charge in [-0.05, 0) is 38.8 Å². The van der Waals surface area contributed by atoms with E-state index >= 15 is 0 Å². The molecule has 3 atom stereocenters. The average Bonchev–Trinajstić information content (AvgIpc) is 3.22. The SMILES string of the molecule is CC/C=C\CC(Oc1cc(OC(F)F)c(CN2CCC[C@H]2C(=O)OC)cc1NC)OC(C)Cl. The van der Waals surface area contributed by atoms with Crippen molar-refractivity contribution in [3.8, 4) is 11.5 Å². The van der Waals surface area contributed by atoms with Crippen molar-refractivity contribution in [3.05, 3.63) is 29.8 Å². The molecule has 1 saturated heterocycles. The molecule has 0 aliphatic carbocycles. The van der Waals surface area contributed by atoms with Crippen LogP contribution >= 0.6 is 11.6 Å². The van der Waals surface area contributed by atoms with Crippen LogP contribution in [0.25, 0.3) is 0 Å². The van der Waals surface area contributed by atoms with E-state index in [1.54, 1.807) is 20.0 Å². The van der Waals surface area contributed by atoms with Gasteiger partial charge < -0.3 is 24.3 Å². The zero-order valence-corrected chi connectivity index (χ0v) is 20.2. The van der Waals surface area contributed by atoms with Gasteiger partial charge in [0.2, 0.25) is 6.29 Å². The van der Waals surface area contributed by atoms with Crippen molar-refractivity contribution in [2.45, 2.75) is 70.6 Å². The molecule has 0 amide bonds. The Balaban J connectivity index is 2.34. The van der Waals surface area contributed by atoms with Crippen LogP contribution in [0.4, 0.5) is 14.5 Å². The normalized spacial score (nSPS) is 18.5. The number of likely N-dealkylation sites (tertiary alicyclic amines) is 1. The van der Waals surface area contributed by atoms with E-state index in [1.807, 2.05) is 24.0 Å². The third-order valence-corrected chi connectivity index (χ3v) is 5.29. The summed E-state index contributed by atoms with van der Waals surface area (Å²) >= 11 is 5.99. The maximum Gasteiger partial charge on any atom is 0.387 e. The highest BCUT2D eigenvalue weighted by molar-refractivity contribution is 6.19. The Morgan fingerprint density at radius 2 is 2.06 bits per heavy atom. The Labute approximate surface area is 198 Å². The zero-order valence-electron chi connectivity index (χ0n) is 19.5. The predicted molar refractivity (Wildman–Crippen MR) is 123 cm³/mol. The van der Waals surface area contributed by atoms with Crippen LogP contribution in [0.2, 0.25) is 0 Å². The molecule has 1 heterocycles. The van der Waals surface area contributed by atoms with Gasteiger partial charge in [-0.2, -0.15) is 8.78 Å². The summed E-state index contributed by atoms with van der Waals surface area (Å²) in [6.07, 6.45) is 5.91. The van der Waals surface area contributed by atoms with Gasteiger partial charge in [0.1, 0.15) is 23.1 Å². The standard InChI is InChI=1S/C23H33ClF2N2O5/c1-5-6-7-10-21(31-15(2)24)32-20-13-19(33-23(25)26)16(12-17(20)27-3)14-28-11-8-9-18(28)22(29)30-4/h6-7,12-13,15,18,21,23,27H,5,8-11,14H2,1-4H3/b7-6-/t15?,18-,21?/m0/s1. The average molecular weight is 491 g/mol. The Kier molecular flexibility index (Phi) is 11.2. The Bertz CT molecular complexity index is 794. The van der Waals surface area contributed by atoms with Crippen molar-refractivity contribution in [3.63, 3.8) is 0 Å².